The van der Waals surface area contributed by atoms with E-state index >= 15 is 0 Å². The molecule has 0 aromatic carbocycles. The van der Waals surface area contributed by atoms with Crippen LogP contribution in [0.5, 0.6) is 0 Å². The van der Waals surface area contributed by atoms with Gasteiger partial charge in [0.2, 0.25) is 6.08 Å². The number of alkyl carbamates (subject to hydrolysis) is 1. The van der Waals surface area contributed by atoms with Gasteiger partial charge in [-0.3, -0.25) is 0 Å². The molecule has 2 atom stereocenters. The van der Waals surface area contributed by atoms with Crippen LogP contribution in [0.25, 0.3) is 0 Å². The van der Waals surface area contributed by atoms with Gasteiger partial charge in [0.25, 0.3) is 0 Å². The number of isocyanates is 1. The van der Waals surface area contributed by atoms with Crippen molar-refractivity contribution < 1.29 is 27.5 Å². The Balaban J connectivity index is 2.50. The van der Waals surface area contributed by atoms with E-state index in [1.165, 1.54) is 0 Å². The van der Waals surface area contributed by atoms with Gasteiger partial charge >= 0.3 is 12.3 Å². The van der Waals surface area contributed by atoms with Crippen LogP contribution in [0.4, 0.5) is 18.0 Å². The molecule has 5 nitrogen and oxygen atoms in total. The molecule has 0 aromatic rings. The van der Waals surface area contributed by atoms with Crippen LogP contribution in [-0.4, -0.2) is 37.5 Å². The molecule has 0 heterocycles. The summed E-state index contributed by atoms with van der Waals surface area (Å²) < 4.78 is 40.5. The minimum absolute atomic E-state index is 0.0557. The molecular formula is C15H23F3N2O3. The summed E-state index contributed by atoms with van der Waals surface area (Å²) in [6.45, 7) is 5.62. The highest BCUT2D eigenvalue weighted by Crippen LogP contribution is 2.46. The number of hydrogen-bond donors (Lipinski definition) is 1. The maximum atomic E-state index is 12.0. The van der Waals surface area contributed by atoms with Crippen LogP contribution in [0.3, 0.4) is 0 Å². The predicted octanol–water partition coefficient (Wildman–Crippen LogP) is 3.59. The molecule has 1 aliphatic rings. The summed E-state index contributed by atoms with van der Waals surface area (Å²) in [7, 11) is 0. The molecule has 23 heavy (non-hydrogen) atoms. The quantitative estimate of drug-likeness (QED) is 0.616. The van der Waals surface area contributed by atoms with Crippen LogP contribution in [0, 0.1) is 10.8 Å². The number of alkyl halides is 3. The smallest absolute Gasteiger partial charge is 0.407 e. The highest BCUT2D eigenvalue weighted by atomic mass is 19.4. The largest absolute Gasteiger partial charge is 0.449 e. The lowest BCUT2D eigenvalue weighted by Crippen LogP contribution is -2.45. The molecule has 2 unspecified atom stereocenters. The summed E-state index contributed by atoms with van der Waals surface area (Å²) in [4.78, 5) is 25.8. The summed E-state index contributed by atoms with van der Waals surface area (Å²) in [5.74, 6) is 0. The van der Waals surface area contributed by atoms with Gasteiger partial charge in [0.15, 0.2) is 0 Å². The van der Waals surface area contributed by atoms with Crippen molar-refractivity contribution in [2.24, 2.45) is 15.8 Å². The van der Waals surface area contributed by atoms with Gasteiger partial charge in [0, 0.05) is 6.54 Å². The lowest BCUT2D eigenvalue weighted by molar-refractivity contribution is -0.141. The number of halogens is 3. The van der Waals surface area contributed by atoms with Crippen molar-refractivity contribution in [2.75, 3.05) is 13.2 Å². The van der Waals surface area contributed by atoms with Gasteiger partial charge in [-0.05, 0) is 30.1 Å². The van der Waals surface area contributed by atoms with Crippen LogP contribution >= 0.6 is 0 Å². The Morgan fingerprint density at radius 1 is 1.35 bits per heavy atom. The van der Waals surface area contributed by atoms with Gasteiger partial charge in [0.1, 0.15) is 6.61 Å². The van der Waals surface area contributed by atoms with E-state index in [2.05, 4.69) is 28.9 Å². The predicted molar refractivity (Wildman–Crippen MR) is 77.7 cm³/mol. The fourth-order valence-electron chi connectivity index (χ4n) is 3.48. The van der Waals surface area contributed by atoms with Crippen molar-refractivity contribution in [1.82, 2.24) is 5.32 Å². The molecule has 1 aliphatic carbocycles. The summed E-state index contributed by atoms with van der Waals surface area (Å²) >= 11 is 0. The van der Waals surface area contributed by atoms with Gasteiger partial charge in [-0.15, -0.1) is 0 Å². The summed E-state index contributed by atoms with van der Waals surface area (Å²) in [6.07, 6.45) is -2.64. The first-order valence-electron chi connectivity index (χ1n) is 7.49. The Morgan fingerprint density at radius 3 is 2.57 bits per heavy atom. The van der Waals surface area contributed by atoms with Crippen molar-refractivity contribution in [1.29, 1.82) is 0 Å². The third-order valence-electron chi connectivity index (χ3n) is 3.94. The Morgan fingerprint density at radius 2 is 2.00 bits per heavy atom. The molecule has 0 spiro atoms. The van der Waals surface area contributed by atoms with Crippen LogP contribution in [-0.2, 0) is 9.53 Å². The molecule has 0 aliphatic heterocycles. The topological polar surface area (TPSA) is 67.8 Å². The first-order chi connectivity index (χ1) is 10.4. The summed E-state index contributed by atoms with van der Waals surface area (Å²) in [5, 5.41) is 2.51. The second-order valence-electron chi connectivity index (χ2n) is 7.29. The molecule has 1 rings (SSSR count). The average molecular weight is 336 g/mol. The van der Waals surface area contributed by atoms with Crippen molar-refractivity contribution in [3.05, 3.63) is 0 Å². The van der Waals surface area contributed by atoms with E-state index in [0.29, 0.717) is 6.42 Å². The van der Waals surface area contributed by atoms with E-state index in [0.717, 1.165) is 12.8 Å². The van der Waals surface area contributed by atoms with E-state index in [4.69, 9.17) is 0 Å². The van der Waals surface area contributed by atoms with Gasteiger partial charge in [-0.25, -0.2) is 14.6 Å². The monoisotopic (exact) mass is 336 g/mol. The van der Waals surface area contributed by atoms with Crippen molar-refractivity contribution in [3.8, 4) is 0 Å². The number of amides is 1. The highest BCUT2D eigenvalue weighted by molar-refractivity contribution is 5.67. The second-order valence-corrected chi connectivity index (χ2v) is 7.29. The number of ether oxygens (including phenoxy) is 1. The van der Waals surface area contributed by atoms with E-state index in [-0.39, 0.29) is 23.4 Å². The Bertz CT molecular complexity index is 473. The fraction of sp³-hybridized carbons (Fsp3) is 0.867. The number of aliphatic imine (C=N–C) groups is 1. The average Bonchev–Trinajstić information content (AvgIpc) is 2.33. The van der Waals surface area contributed by atoms with Crippen LogP contribution in [0.1, 0.15) is 46.5 Å². The van der Waals surface area contributed by atoms with Gasteiger partial charge in [-0.1, -0.05) is 20.8 Å². The number of rotatable bonds is 5. The van der Waals surface area contributed by atoms with Crippen LogP contribution in [0.15, 0.2) is 4.99 Å². The molecule has 8 heteroatoms. The van der Waals surface area contributed by atoms with Crippen molar-refractivity contribution in [2.45, 2.75) is 58.7 Å². The van der Waals surface area contributed by atoms with Gasteiger partial charge < -0.3 is 10.1 Å². The minimum atomic E-state index is -4.35. The minimum Gasteiger partial charge on any atom is -0.449 e. The summed E-state index contributed by atoms with van der Waals surface area (Å²) in [5.41, 5.74) is -0.365. The summed E-state index contributed by atoms with van der Waals surface area (Å²) in [6, 6.07) is -0.163. The SMILES string of the molecule is CC1(C)CC(N=C=O)CC(C)(CNC(=O)OCCC(F)(F)F)C1. The molecular weight excluding hydrogens is 313 g/mol. The number of carbonyl (C=O) groups is 1. The zero-order valence-corrected chi connectivity index (χ0v) is 13.6. The molecule has 132 valence electrons. The molecule has 0 saturated heterocycles. The standard InChI is InChI=1S/C15H23F3N2O3/c1-13(2)6-11(20-10-21)7-14(3,8-13)9-19-12(22)23-5-4-15(16,17)18/h11H,4-9H2,1-3H3,(H,19,22). The van der Waals surface area contributed by atoms with E-state index in [9.17, 15) is 22.8 Å². The van der Waals surface area contributed by atoms with E-state index < -0.39 is 25.3 Å². The second kappa shape index (κ2) is 7.34. The number of nitrogens with one attached hydrogen (secondary N) is 1. The van der Waals surface area contributed by atoms with Crippen LogP contribution in [0.2, 0.25) is 0 Å². The van der Waals surface area contributed by atoms with Crippen molar-refractivity contribution >= 4 is 12.2 Å². The highest BCUT2D eigenvalue weighted by Gasteiger charge is 2.41. The number of hydrogen-bond acceptors (Lipinski definition) is 4. The first-order valence-corrected chi connectivity index (χ1v) is 7.49. The fourth-order valence-corrected chi connectivity index (χ4v) is 3.48. The maximum absolute atomic E-state index is 12.0. The normalized spacial score (nSPS) is 27.0. The zero-order chi connectivity index (χ0) is 17.7. The van der Waals surface area contributed by atoms with E-state index in [1.54, 1.807) is 6.08 Å². The van der Waals surface area contributed by atoms with Gasteiger partial charge in [-0.2, -0.15) is 13.2 Å². The van der Waals surface area contributed by atoms with E-state index in [1.807, 2.05) is 6.92 Å². The molecule has 1 N–H and O–H groups in total. The molecule has 0 radical (unpaired) electrons. The molecule has 1 saturated carbocycles. The molecule has 1 amide bonds. The third-order valence-corrected chi connectivity index (χ3v) is 3.94. The maximum Gasteiger partial charge on any atom is 0.407 e. The Hall–Kier alpha value is -1.56. The number of nitrogens with zero attached hydrogens (tertiary/aromatic N) is 1. The molecule has 1 fully saturated rings. The zero-order valence-electron chi connectivity index (χ0n) is 13.6. The Kier molecular flexibility index (Phi) is 6.22. The molecule has 0 bridgehead atoms. The first kappa shape index (κ1) is 19.5. The number of carbonyl (C=O) groups excluding carboxylic acids is 2. The van der Waals surface area contributed by atoms with Crippen LogP contribution < -0.4 is 5.32 Å². The van der Waals surface area contributed by atoms with Gasteiger partial charge in [0.05, 0.1) is 12.5 Å². The Labute approximate surface area is 133 Å². The van der Waals surface area contributed by atoms with Crippen molar-refractivity contribution in [3.63, 3.8) is 0 Å². The third kappa shape index (κ3) is 7.50. The lowest BCUT2D eigenvalue weighted by Gasteiger charge is -2.45. The molecule has 0 aromatic heterocycles. The lowest BCUT2D eigenvalue weighted by atomic mass is 9.63.